The van der Waals surface area contributed by atoms with Crippen molar-refractivity contribution < 1.29 is 9.59 Å². The van der Waals surface area contributed by atoms with Crippen LogP contribution >= 0.6 is 0 Å². The van der Waals surface area contributed by atoms with Crippen molar-refractivity contribution in [3.8, 4) is 0 Å². The Morgan fingerprint density at radius 2 is 2.05 bits per heavy atom. The zero-order chi connectivity index (χ0) is 13.7. The van der Waals surface area contributed by atoms with Gasteiger partial charge in [-0.2, -0.15) is 0 Å². The summed E-state index contributed by atoms with van der Waals surface area (Å²) >= 11 is 0. The van der Waals surface area contributed by atoms with E-state index in [0.29, 0.717) is 25.4 Å². The smallest absolute Gasteiger partial charge is 0.223 e. The minimum absolute atomic E-state index is 0.0101. The van der Waals surface area contributed by atoms with Crippen LogP contribution in [0.25, 0.3) is 0 Å². The van der Waals surface area contributed by atoms with Crippen LogP contribution in [0.3, 0.4) is 0 Å². The van der Waals surface area contributed by atoms with Gasteiger partial charge in [-0.15, -0.1) is 0 Å². The van der Waals surface area contributed by atoms with Crippen molar-refractivity contribution in [1.82, 2.24) is 10.6 Å². The number of hydrogen-bond donors (Lipinski definition) is 3. The number of nitrogens with one attached hydrogen (secondary N) is 2. The van der Waals surface area contributed by atoms with Crippen LogP contribution in [0.4, 0.5) is 0 Å². The number of hydrogen-bond acceptors (Lipinski definition) is 3. The van der Waals surface area contributed by atoms with Gasteiger partial charge in [0.25, 0.3) is 0 Å². The van der Waals surface area contributed by atoms with Crippen molar-refractivity contribution in [3.05, 3.63) is 0 Å². The molecule has 1 heterocycles. The molecule has 1 aliphatic heterocycles. The van der Waals surface area contributed by atoms with Gasteiger partial charge >= 0.3 is 0 Å². The zero-order valence-electron chi connectivity index (χ0n) is 11.5. The first-order chi connectivity index (χ1) is 9.20. The van der Waals surface area contributed by atoms with Crippen LogP contribution in [-0.4, -0.2) is 30.9 Å². The lowest BCUT2D eigenvalue weighted by atomic mass is 9.83. The van der Waals surface area contributed by atoms with Crippen LogP contribution in [0.2, 0.25) is 0 Å². The predicted octanol–water partition coefficient (Wildman–Crippen LogP) is 0.536. The van der Waals surface area contributed by atoms with Crippen LogP contribution in [0, 0.1) is 11.8 Å². The third-order valence-electron chi connectivity index (χ3n) is 4.42. The van der Waals surface area contributed by atoms with E-state index in [1.807, 2.05) is 0 Å². The van der Waals surface area contributed by atoms with E-state index in [1.54, 1.807) is 0 Å². The van der Waals surface area contributed by atoms with Crippen LogP contribution in [0.5, 0.6) is 0 Å². The summed E-state index contributed by atoms with van der Waals surface area (Å²) in [6, 6.07) is 0.0813. The number of amides is 2. The van der Waals surface area contributed by atoms with Gasteiger partial charge in [-0.05, 0) is 25.2 Å². The van der Waals surface area contributed by atoms with E-state index >= 15 is 0 Å². The van der Waals surface area contributed by atoms with Gasteiger partial charge in [0.2, 0.25) is 11.8 Å². The van der Waals surface area contributed by atoms with E-state index in [4.69, 9.17) is 5.73 Å². The summed E-state index contributed by atoms with van der Waals surface area (Å²) in [5.74, 6) is 0.329. The van der Waals surface area contributed by atoms with E-state index in [9.17, 15) is 9.59 Å². The number of piperidine rings is 1. The molecule has 1 saturated carbocycles. The Hall–Kier alpha value is -1.10. The molecule has 0 radical (unpaired) electrons. The maximum atomic E-state index is 12.2. The minimum atomic E-state index is -0.175. The topological polar surface area (TPSA) is 84.2 Å². The van der Waals surface area contributed by atoms with Crippen molar-refractivity contribution in [2.75, 3.05) is 13.1 Å². The highest BCUT2D eigenvalue weighted by atomic mass is 16.2. The largest absolute Gasteiger partial charge is 0.356 e. The fourth-order valence-corrected chi connectivity index (χ4v) is 3.21. The molecular weight excluding hydrogens is 242 g/mol. The lowest BCUT2D eigenvalue weighted by molar-refractivity contribution is -0.133. The van der Waals surface area contributed by atoms with Crippen molar-refractivity contribution in [1.29, 1.82) is 0 Å². The summed E-state index contributed by atoms with van der Waals surface area (Å²) in [5.41, 5.74) is 5.81. The van der Waals surface area contributed by atoms with Crippen LogP contribution < -0.4 is 16.4 Å². The Labute approximate surface area is 114 Å². The molecule has 0 aromatic carbocycles. The molecule has 2 amide bonds. The molecule has 1 saturated heterocycles. The first-order valence-electron chi connectivity index (χ1n) is 7.48. The third kappa shape index (κ3) is 3.93. The molecule has 2 fully saturated rings. The minimum Gasteiger partial charge on any atom is -0.356 e. The summed E-state index contributed by atoms with van der Waals surface area (Å²) in [4.78, 5) is 23.5. The van der Waals surface area contributed by atoms with Gasteiger partial charge in [-0.1, -0.05) is 19.3 Å². The zero-order valence-corrected chi connectivity index (χ0v) is 11.5. The third-order valence-corrected chi connectivity index (χ3v) is 4.42. The Kier molecular flexibility index (Phi) is 5.19. The van der Waals surface area contributed by atoms with Gasteiger partial charge in [-0.25, -0.2) is 0 Å². The Morgan fingerprint density at radius 1 is 1.32 bits per heavy atom. The van der Waals surface area contributed by atoms with Gasteiger partial charge < -0.3 is 16.4 Å². The highest BCUT2D eigenvalue weighted by Crippen LogP contribution is 2.26. The van der Waals surface area contributed by atoms with E-state index in [1.165, 1.54) is 19.3 Å². The molecule has 19 heavy (non-hydrogen) atoms. The number of rotatable bonds is 4. The molecule has 2 aliphatic rings. The fraction of sp³-hybridized carbons (Fsp3) is 0.857. The highest BCUT2D eigenvalue weighted by Gasteiger charge is 2.29. The quantitative estimate of drug-likeness (QED) is 0.695. The molecule has 4 N–H and O–H groups in total. The Balaban J connectivity index is 1.86. The molecule has 2 atom stereocenters. The first kappa shape index (κ1) is 14.3. The summed E-state index contributed by atoms with van der Waals surface area (Å²) in [6.45, 7) is 1.10. The van der Waals surface area contributed by atoms with Gasteiger partial charge in [0.05, 0.1) is 0 Å². The van der Waals surface area contributed by atoms with Crippen LogP contribution in [0.15, 0.2) is 0 Å². The molecular formula is C14H25N3O2. The average Bonchev–Trinajstić information content (AvgIpc) is 2.45. The molecule has 108 valence electrons. The molecule has 0 bridgehead atoms. The Morgan fingerprint density at radius 3 is 2.68 bits per heavy atom. The van der Waals surface area contributed by atoms with Crippen molar-refractivity contribution in [3.63, 3.8) is 0 Å². The molecule has 2 unspecified atom stereocenters. The normalized spacial score (nSPS) is 26.6. The summed E-state index contributed by atoms with van der Waals surface area (Å²) < 4.78 is 0. The molecule has 0 aromatic heterocycles. The highest BCUT2D eigenvalue weighted by molar-refractivity contribution is 5.87. The molecule has 0 spiro atoms. The second-order valence-corrected chi connectivity index (χ2v) is 5.79. The van der Waals surface area contributed by atoms with Crippen LogP contribution in [0.1, 0.15) is 44.9 Å². The SMILES string of the molecule is NCC(NC(=O)C1CCNC(=O)C1)C1CCCCC1. The van der Waals surface area contributed by atoms with Crippen molar-refractivity contribution >= 4 is 11.8 Å². The van der Waals surface area contributed by atoms with Crippen molar-refractivity contribution in [2.24, 2.45) is 17.6 Å². The van der Waals surface area contributed by atoms with Crippen molar-refractivity contribution in [2.45, 2.75) is 51.0 Å². The first-order valence-corrected chi connectivity index (χ1v) is 7.48. The van der Waals surface area contributed by atoms with E-state index in [2.05, 4.69) is 10.6 Å². The monoisotopic (exact) mass is 267 g/mol. The number of nitrogens with two attached hydrogens (primary N) is 1. The molecule has 5 heteroatoms. The maximum absolute atomic E-state index is 12.2. The van der Waals surface area contributed by atoms with Gasteiger partial charge in [0, 0.05) is 31.5 Å². The second kappa shape index (κ2) is 6.89. The molecule has 2 rings (SSSR count). The average molecular weight is 267 g/mol. The van der Waals surface area contributed by atoms with E-state index in [-0.39, 0.29) is 23.8 Å². The van der Waals surface area contributed by atoms with Gasteiger partial charge in [0.1, 0.15) is 0 Å². The van der Waals surface area contributed by atoms with E-state index < -0.39 is 0 Å². The molecule has 1 aliphatic carbocycles. The number of carbonyl (C=O) groups excluding carboxylic acids is 2. The van der Waals surface area contributed by atoms with Gasteiger partial charge in [-0.3, -0.25) is 9.59 Å². The van der Waals surface area contributed by atoms with Gasteiger partial charge in [0.15, 0.2) is 0 Å². The van der Waals surface area contributed by atoms with Crippen LogP contribution in [-0.2, 0) is 9.59 Å². The molecule has 5 nitrogen and oxygen atoms in total. The van der Waals surface area contributed by atoms with E-state index in [0.717, 1.165) is 19.3 Å². The fourth-order valence-electron chi connectivity index (χ4n) is 3.21. The standard InChI is InChI=1S/C14H25N3O2/c15-9-12(10-4-2-1-3-5-10)17-14(19)11-6-7-16-13(18)8-11/h10-12H,1-9,15H2,(H,16,18)(H,17,19). The lowest BCUT2D eigenvalue weighted by Gasteiger charge is -2.31. The maximum Gasteiger partial charge on any atom is 0.223 e. The second-order valence-electron chi connectivity index (χ2n) is 5.79. The number of carbonyl (C=O) groups is 2. The molecule has 0 aromatic rings. The predicted molar refractivity (Wildman–Crippen MR) is 73.3 cm³/mol. The Bertz CT molecular complexity index is 327. The summed E-state index contributed by atoms with van der Waals surface area (Å²) in [5, 5.41) is 5.84. The summed E-state index contributed by atoms with van der Waals surface area (Å²) in [6.07, 6.45) is 7.14. The lowest BCUT2D eigenvalue weighted by Crippen LogP contribution is -2.50. The summed E-state index contributed by atoms with van der Waals surface area (Å²) in [7, 11) is 0.